The molecule has 1 aromatic rings. The molecule has 1 aliphatic rings. The number of amides is 1. The minimum Gasteiger partial charge on any atom is -0.398 e. The molecule has 116 valence electrons. The molecular weight excluding hydrogens is 318 g/mol. The highest BCUT2D eigenvalue weighted by molar-refractivity contribution is 7.91. The van der Waals surface area contributed by atoms with Gasteiger partial charge in [0.05, 0.1) is 17.1 Å². The van der Waals surface area contributed by atoms with Crippen molar-refractivity contribution in [2.75, 3.05) is 31.6 Å². The molecule has 1 saturated heterocycles. The Morgan fingerprint density at radius 3 is 2.48 bits per heavy atom. The molecule has 0 spiro atoms. The van der Waals surface area contributed by atoms with Crippen molar-refractivity contribution in [3.05, 3.63) is 18.2 Å². The number of anilines is 1. The zero-order chi connectivity index (χ0) is 15.8. The van der Waals surface area contributed by atoms with Gasteiger partial charge in [-0.1, -0.05) is 0 Å². The molecule has 1 aromatic carbocycles. The van der Waals surface area contributed by atoms with Crippen LogP contribution < -0.4 is 11.1 Å². The van der Waals surface area contributed by atoms with Gasteiger partial charge >= 0.3 is 0 Å². The van der Waals surface area contributed by atoms with Crippen molar-refractivity contribution >= 4 is 31.5 Å². The fourth-order valence-corrected chi connectivity index (χ4v) is 4.19. The van der Waals surface area contributed by atoms with Crippen LogP contribution in [0.4, 0.5) is 5.69 Å². The minimum atomic E-state index is -4.03. The van der Waals surface area contributed by atoms with Gasteiger partial charge in [-0.05, 0) is 18.2 Å². The molecule has 0 aromatic heterocycles. The number of sulfone groups is 1. The molecule has 3 N–H and O–H groups in total. The van der Waals surface area contributed by atoms with Crippen LogP contribution in [0.15, 0.2) is 28.0 Å². The maximum absolute atomic E-state index is 12.5. The maximum atomic E-state index is 12.5. The van der Waals surface area contributed by atoms with Crippen molar-refractivity contribution < 1.29 is 21.6 Å². The first kappa shape index (κ1) is 15.7. The van der Waals surface area contributed by atoms with Crippen molar-refractivity contribution in [3.63, 3.8) is 0 Å². The van der Waals surface area contributed by atoms with Crippen LogP contribution in [0.25, 0.3) is 0 Å². The summed E-state index contributed by atoms with van der Waals surface area (Å²) >= 11 is 0. The lowest BCUT2D eigenvalue weighted by Crippen LogP contribution is -2.49. The van der Waals surface area contributed by atoms with Gasteiger partial charge in [-0.2, -0.15) is 4.31 Å². The number of nitrogens with two attached hydrogens (primary N) is 1. The summed E-state index contributed by atoms with van der Waals surface area (Å²) in [7, 11) is -7.59. The Morgan fingerprint density at radius 1 is 1.24 bits per heavy atom. The van der Waals surface area contributed by atoms with Gasteiger partial charge < -0.3 is 11.1 Å². The van der Waals surface area contributed by atoms with Gasteiger partial charge in [0, 0.05) is 19.3 Å². The van der Waals surface area contributed by atoms with Crippen LogP contribution in [0.1, 0.15) is 0 Å². The van der Waals surface area contributed by atoms with E-state index in [0.717, 1.165) is 16.6 Å². The van der Waals surface area contributed by atoms with Gasteiger partial charge in [0.2, 0.25) is 15.9 Å². The van der Waals surface area contributed by atoms with E-state index < -0.39 is 25.8 Å². The molecule has 1 amide bonds. The molecule has 8 nitrogen and oxygen atoms in total. The van der Waals surface area contributed by atoms with Crippen LogP contribution in [0.5, 0.6) is 0 Å². The number of nitrogens with zero attached hydrogens (tertiary/aromatic N) is 1. The van der Waals surface area contributed by atoms with E-state index in [1.54, 1.807) is 0 Å². The van der Waals surface area contributed by atoms with Gasteiger partial charge in [0.15, 0.2) is 9.84 Å². The maximum Gasteiger partial charge on any atom is 0.245 e. The van der Waals surface area contributed by atoms with Gasteiger partial charge in [-0.3, -0.25) is 4.79 Å². The number of sulfonamides is 1. The smallest absolute Gasteiger partial charge is 0.245 e. The molecule has 10 heteroatoms. The van der Waals surface area contributed by atoms with Crippen LogP contribution in [-0.2, 0) is 24.7 Å². The molecule has 0 unspecified atom stereocenters. The molecule has 0 aliphatic carbocycles. The summed E-state index contributed by atoms with van der Waals surface area (Å²) in [4.78, 5) is 10.9. The first-order chi connectivity index (χ1) is 9.62. The average Bonchev–Trinajstić information content (AvgIpc) is 2.37. The summed E-state index contributed by atoms with van der Waals surface area (Å²) in [6.45, 7) is -0.00870. The Bertz CT molecular complexity index is 786. The number of rotatable bonds is 3. The summed E-state index contributed by atoms with van der Waals surface area (Å²) in [6, 6.07) is 3.49. The molecule has 1 heterocycles. The third kappa shape index (κ3) is 3.17. The topological polar surface area (TPSA) is 127 Å². The Balaban J connectivity index is 2.51. The molecule has 0 atom stereocenters. The summed E-state index contributed by atoms with van der Waals surface area (Å²) in [5, 5.41) is 2.51. The third-order valence-electron chi connectivity index (χ3n) is 3.03. The number of hydrogen-bond acceptors (Lipinski definition) is 6. The van der Waals surface area contributed by atoms with E-state index in [9.17, 15) is 21.6 Å². The normalized spacial score (nSPS) is 17.5. The lowest BCUT2D eigenvalue weighted by atomic mass is 10.3. The second kappa shape index (κ2) is 5.28. The number of benzene rings is 1. The SMILES string of the molecule is CS(=O)(=O)c1ccc(N)c(S(=O)(=O)N2CCNC(=O)C2)c1. The Morgan fingerprint density at radius 2 is 1.90 bits per heavy atom. The summed E-state index contributed by atoms with van der Waals surface area (Å²) < 4.78 is 49.1. The summed E-state index contributed by atoms with van der Waals surface area (Å²) in [5.41, 5.74) is 5.60. The van der Waals surface area contributed by atoms with Crippen molar-refractivity contribution in [2.24, 2.45) is 0 Å². The number of piperazine rings is 1. The van der Waals surface area contributed by atoms with E-state index in [-0.39, 0.29) is 35.1 Å². The Hall–Kier alpha value is -1.65. The largest absolute Gasteiger partial charge is 0.398 e. The van der Waals surface area contributed by atoms with Crippen LogP contribution in [0, 0.1) is 0 Å². The van der Waals surface area contributed by atoms with Gasteiger partial charge in [0.1, 0.15) is 4.90 Å². The summed E-state index contributed by atoms with van der Waals surface area (Å²) in [6.07, 6.45) is 0.975. The van der Waals surface area contributed by atoms with Crippen molar-refractivity contribution in [1.82, 2.24) is 9.62 Å². The first-order valence-electron chi connectivity index (χ1n) is 5.99. The highest BCUT2D eigenvalue weighted by Gasteiger charge is 2.31. The van der Waals surface area contributed by atoms with Gasteiger partial charge in [0.25, 0.3) is 0 Å². The molecular formula is C11H15N3O5S2. The van der Waals surface area contributed by atoms with Crippen LogP contribution in [0.3, 0.4) is 0 Å². The van der Waals surface area contributed by atoms with E-state index in [1.165, 1.54) is 12.1 Å². The van der Waals surface area contributed by atoms with E-state index in [2.05, 4.69) is 5.32 Å². The number of hydrogen-bond donors (Lipinski definition) is 2. The van der Waals surface area contributed by atoms with E-state index in [0.29, 0.717) is 0 Å². The van der Waals surface area contributed by atoms with Crippen molar-refractivity contribution in [2.45, 2.75) is 9.79 Å². The molecule has 21 heavy (non-hydrogen) atoms. The van der Waals surface area contributed by atoms with E-state index >= 15 is 0 Å². The number of nitrogens with one attached hydrogen (secondary N) is 1. The molecule has 0 bridgehead atoms. The fraction of sp³-hybridized carbons (Fsp3) is 0.364. The lowest BCUT2D eigenvalue weighted by Gasteiger charge is -2.26. The van der Waals surface area contributed by atoms with Crippen LogP contribution >= 0.6 is 0 Å². The molecule has 0 radical (unpaired) electrons. The Kier molecular flexibility index (Phi) is 3.95. The quantitative estimate of drug-likeness (QED) is 0.669. The number of nitrogen functional groups attached to an aromatic ring is 1. The zero-order valence-electron chi connectivity index (χ0n) is 11.2. The number of carbonyl (C=O) groups excluding carboxylic acids is 1. The highest BCUT2D eigenvalue weighted by atomic mass is 32.2. The molecule has 0 saturated carbocycles. The molecule has 1 aliphatic heterocycles. The lowest BCUT2D eigenvalue weighted by molar-refractivity contribution is -0.122. The zero-order valence-corrected chi connectivity index (χ0v) is 12.9. The van der Waals surface area contributed by atoms with E-state index in [4.69, 9.17) is 5.73 Å². The predicted molar refractivity (Wildman–Crippen MR) is 75.7 cm³/mol. The number of carbonyl (C=O) groups is 1. The van der Waals surface area contributed by atoms with Crippen molar-refractivity contribution in [1.29, 1.82) is 0 Å². The van der Waals surface area contributed by atoms with Gasteiger partial charge in [-0.25, -0.2) is 16.8 Å². The summed E-state index contributed by atoms with van der Waals surface area (Å²) in [5.74, 6) is -0.414. The monoisotopic (exact) mass is 333 g/mol. The molecule has 2 rings (SSSR count). The van der Waals surface area contributed by atoms with E-state index in [1.807, 2.05) is 0 Å². The van der Waals surface area contributed by atoms with Crippen molar-refractivity contribution in [3.8, 4) is 0 Å². The average molecular weight is 333 g/mol. The van der Waals surface area contributed by atoms with Gasteiger partial charge in [-0.15, -0.1) is 0 Å². The minimum absolute atomic E-state index is 0.0617. The fourth-order valence-electron chi connectivity index (χ4n) is 1.93. The standard InChI is InChI=1S/C11H15N3O5S2/c1-20(16,17)8-2-3-9(12)10(6-8)21(18,19)14-5-4-13-11(15)7-14/h2-3,6H,4-5,7,12H2,1H3,(H,13,15). The predicted octanol–water partition coefficient (Wildman–Crippen LogP) is -1.21. The third-order valence-corrected chi connectivity index (χ3v) is 6.05. The van der Waals surface area contributed by atoms with Crippen LogP contribution in [-0.4, -0.2) is 52.9 Å². The van der Waals surface area contributed by atoms with Crippen LogP contribution in [0.2, 0.25) is 0 Å². The second-order valence-electron chi connectivity index (χ2n) is 4.66. The first-order valence-corrected chi connectivity index (χ1v) is 9.32. The second-order valence-corrected chi connectivity index (χ2v) is 8.58. The highest BCUT2D eigenvalue weighted by Crippen LogP contribution is 2.25. The molecule has 1 fully saturated rings. The Labute approximate surface area is 122 Å².